The van der Waals surface area contributed by atoms with Gasteiger partial charge in [-0.25, -0.2) is 0 Å². The smallest absolute Gasteiger partial charge is 0.220 e. The van der Waals surface area contributed by atoms with E-state index in [0.717, 1.165) is 31.6 Å². The van der Waals surface area contributed by atoms with E-state index in [0.29, 0.717) is 6.42 Å². The van der Waals surface area contributed by atoms with Gasteiger partial charge in [-0.2, -0.15) is 0 Å². The summed E-state index contributed by atoms with van der Waals surface area (Å²) in [5.41, 5.74) is 0. The third-order valence-corrected chi connectivity index (χ3v) is 9.81. The second-order valence-electron chi connectivity index (χ2n) is 14.3. The van der Waals surface area contributed by atoms with Crippen molar-refractivity contribution in [1.82, 2.24) is 5.32 Å². The molecule has 0 saturated carbocycles. The van der Waals surface area contributed by atoms with E-state index in [1.807, 2.05) is 6.08 Å². The first-order valence-corrected chi connectivity index (χ1v) is 20.3. The van der Waals surface area contributed by atoms with E-state index in [1.165, 1.54) is 167 Å². The van der Waals surface area contributed by atoms with Crippen molar-refractivity contribution >= 4 is 5.91 Å². The molecule has 0 aromatic carbocycles. The summed E-state index contributed by atoms with van der Waals surface area (Å²) in [4.78, 5) is 12.3. The second kappa shape index (κ2) is 36.0. The van der Waals surface area contributed by atoms with Crippen molar-refractivity contribution in [2.45, 2.75) is 232 Å². The number of hydrogen-bond donors (Lipinski definition) is 3. The molecule has 0 radical (unpaired) electrons. The number of carbonyl (C=O) groups excluding carboxylic acids is 1. The fourth-order valence-corrected chi connectivity index (χ4v) is 6.27. The van der Waals surface area contributed by atoms with Crippen LogP contribution in [0.5, 0.6) is 0 Å². The maximum absolute atomic E-state index is 12.3. The number of unbranched alkanes of at least 4 members (excludes halogenated alkanes) is 26. The number of aliphatic hydroxyl groups excluding tert-OH is 2. The molecule has 268 valence electrons. The molecule has 3 unspecified atom stereocenters. The Balaban J connectivity index is 3.56. The molecule has 3 N–H and O–H groups in total. The van der Waals surface area contributed by atoms with Crippen LogP contribution in [0.15, 0.2) is 12.2 Å². The van der Waals surface area contributed by atoms with Gasteiger partial charge in [0.05, 0.1) is 18.8 Å². The Morgan fingerprint density at radius 1 is 0.600 bits per heavy atom. The fraction of sp³-hybridized carbons (Fsp3) is 0.927. The van der Waals surface area contributed by atoms with Crippen LogP contribution in [0.3, 0.4) is 0 Å². The minimum Gasteiger partial charge on any atom is -0.394 e. The third kappa shape index (κ3) is 32.8. The Kier molecular flexibility index (Phi) is 35.3. The summed E-state index contributed by atoms with van der Waals surface area (Å²) in [5.74, 6) is 0.821. The van der Waals surface area contributed by atoms with Crippen molar-refractivity contribution in [3.63, 3.8) is 0 Å². The first-order chi connectivity index (χ1) is 22.0. The Bertz CT molecular complexity index is 622. The molecule has 0 aromatic rings. The average Bonchev–Trinajstić information content (AvgIpc) is 3.04. The van der Waals surface area contributed by atoms with Crippen molar-refractivity contribution in [3.05, 3.63) is 12.2 Å². The Morgan fingerprint density at radius 2 is 1.00 bits per heavy atom. The first-order valence-electron chi connectivity index (χ1n) is 20.3. The van der Waals surface area contributed by atoms with Gasteiger partial charge < -0.3 is 15.5 Å². The summed E-state index contributed by atoms with van der Waals surface area (Å²) in [6, 6.07) is -0.616. The Hall–Kier alpha value is -0.870. The molecule has 4 nitrogen and oxygen atoms in total. The molecule has 1 amide bonds. The van der Waals surface area contributed by atoms with Gasteiger partial charge in [0.1, 0.15) is 0 Å². The number of hydrogen-bond acceptors (Lipinski definition) is 3. The zero-order valence-corrected chi connectivity index (χ0v) is 30.8. The Morgan fingerprint density at radius 3 is 1.42 bits per heavy atom. The number of allylic oxidation sites excluding steroid dienone is 1. The highest BCUT2D eigenvalue weighted by molar-refractivity contribution is 5.76. The van der Waals surface area contributed by atoms with Gasteiger partial charge in [0.25, 0.3) is 0 Å². The van der Waals surface area contributed by atoms with Crippen molar-refractivity contribution < 1.29 is 15.0 Å². The minimum atomic E-state index is -0.834. The summed E-state index contributed by atoms with van der Waals surface area (Å²) in [6.07, 6.45) is 43.0. The van der Waals surface area contributed by atoms with Gasteiger partial charge in [0, 0.05) is 6.42 Å². The molecular weight excluding hydrogens is 554 g/mol. The van der Waals surface area contributed by atoms with E-state index in [1.54, 1.807) is 6.08 Å². The molecule has 0 aliphatic carbocycles. The van der Waals surface area contributed by atoms with Crippen LogP contribution in [0.4, 0.5) is 0 Å². The number of aliphatic hydroxyl groups is 2. The number of amides is 1. The van der Waals surface area contributed by atoms with Crippen molar-refractivity contribution in [3.8, 4) is 0 Å². The van der Waals surface area contributed by atoms with Gasteiger partial charge in [-0.1, -0.05) is 206 Å². The molecule has 0 aliphatic rings. The summed E-state index contributed by atoms with van der Waals surface area (Å²) in [7, 11) is 0. The summed E-state index contributed by atoms with van der Waals surface area (Å²) >= 11 is 0. The lowest BCUT2D eigenvalue weighted by Gasteiger charge is -2.20. The van der Waals surface area contributed by atoms with E-state index in [9.17, 15) is 15.0 Å². The predicted molar refractivity (Wildman–Crippen MR) is 198 cm³/mol. The normalized spacial score (nSPS) is 13.8. The molecule has 45 heavy (non-hydrogen) atoms. The van der Waals surface area contributed by atoms with Crippen LogP contribution in [0.1, 0.15) is 220 Å². The SMILES string of the molecule is CCCCCCCCCCCCCCCCCCCCCC(=O)NC(CO)C(O)/C=C/CCCCCCCCCCC(C)CC. The highest BCUT2D eigenvalue weighted by atomic mass is 16.3. The number of carbonyl (C=O) groups is 1. The van der Waals surface area contributed by atoms with Gasteiger partial charge in [-0.15, -0.1) is 0 Å². The first kappa shape index (κ1) is 44.1. The summed E-state index contributed by atoms with van der Waals surface area (Å²) in [6.45, 7) is 6.69. The zero-order valence-electron chi connectivity index (χ0n) is 30.8. The summed E-state index contributed by atoms with van der Waals surface area (Å²) in [5, 5.41) is 22.9. The predicted octanol–water partition coefficient (Wildman–Crippen LogP) is 12.1. The van der Waals surface area contributed by atoms with Crippen LogP contribution in [-0.2, 0) is 4.79 Å². The molecule has 0 rings (SSSR count). The van der Waals surface area contributed by atoms with E-state index in [4.69, 9.17) is 0 Å². The molecule has 0 heterocycles. The lowest BCUT2D eigenvalue weighted by molar-refractivity contribution is -0.123. The molecule has 0 aliphatic heterocycles. The highest BCUT2D eigenvalue weighted by Crippen LogP contribution is 2.16. The largest absolute Gasteiger partial charge is 0.394 e. The van der Waals surface area contributed by atoms with E-state index < -0.39 is 12.1 Å². The quantitative estimate of drug-likeness (QED) is 0.0474. The Labute approximate surface area is 282 Å². The molecule has 0 aromatic heterocycles. The van der Waals surface area contributed by atoms with Crippen LogP contribution in [-0.4, -0.2) is 34.9 Å². The fourth-order valence-electron chi connectivity index (χ4n) is 6.27. The molecule has 0 spiro atoms. The van der Waals surface area contributed by atoms with Crippen LogP contribution in [0.2, 0.25) is 0 Å². The van der Waals surface area contributed by atoms with Crippen LogP contribution < -0.4 is 5.32 Å². The minimum absolute atomic E-state index is 0.0617. The van der Waals surface area contributed by atoms with Gasteiger partial charge >= 0.3 is 0 Å². The van der Waals surface area contributed by atoms with Gasteiger partial charge in [-0.3, -0.25) is 4.79 Å². The molecule has 4 heteroatoms. The highest BCUT2D eigenvalue weighted by Gasteiger charge is 2.17. The van der Waals surface area contributed by atoms with E-state index in [2.05, 4.69) is 26.1 Å². The molecule has 0 saturated heterocycles. The van der Waals surface area contributed by atoms with E-state index >= 15 is 0 Å². The number of rotatable bonds is 36. The molecule has 0 fully saturated rings. The zero-order chi connectivity index (χ0) is 33.1. The monoisotopic (exact) mass is 636 g/mol. The summed E-state index contributed by atoms with van der Waals surface area (Å²) < 4.78 is 0. The standard InChI is InChI=1S/C41H81NO3/c1-4-6-7-8-9-10-11-12-13-14-15-16-17-18-19-24-27-30-33-36-41(45)42-39(37-43)40(44)35-32-29-26-23-21-20-22-25-28-31-34-38(3)5-2/h32,35,38-40,43-44H,4-31,33-34,36-37H2,1-3H3,(H,42,45)/b35-32+. The van der Waals surface area contributed by atoms with Crippen molar-refractivity contribution in [1.29, 1.82) is 0 Å². The lowest BCUT2D eigenvalue weighted by Crippen LogP contribution is -2.45. The lowest BCUT2D eigenvalue weighted by atomic mass is 9.99. The van der Waals surface area contributed by atoms with E-state index in [-0.39, 0.29) is 12.5 Å². The van der Waals surface area contributed by atoms with Crippen LogP contribution in [0.25, 0.3) is 0 Å². The van der Waals surface area contributed by atoms with Gasteiger partial charge in [0.2, 0.25) is 5.91 Å². The van der Waals surface area contributed by atoms with Crippen LogP contribution >= 0.6 is 0 Å². The topological polar surface area (TPSA) is 69.6 Å². The second-order valence-corrected chi connectivity index (χ2v) is 14.3. The maximum Gasteiger partial charge on any atom is 0.220 e. The van der Waals surface area contributed by atoms with Crippen LogP contribution in [0, 0.1) is 5.92 Å². The molecular formula is C41H81NO3. The maximum atomic E-state index is 12.3. The molecule has 3 atom stereocenters. The number of nitrogens with one attached hydrogen (secondary N) is 1. The van der Waals surface area contributed by atoms with Gasteiger partial charge in [-0.05, 0) is 25.2 Å². The average molecular weight is 636 g/mol. The molecule has 0 bridgehead atoms. The third-order valence-electron chi connectivity index (χ3n) is 9.81. The van der Waals surface area contributed by atoms with Gasteiger partial charge in [0.15, 0.2) is 0 Å². The van der Waals surface area contributed by atoms with Crippen molar-refractivity contribution in [2.75, 3.05) is 6.61 Å². The van der Waals surface area contributed by atoms with Crippen molar-refractivity contribution in [2.24, 2.45) is 5.92 Å².